The molecule has 9 heteroatoms. The van der Waals surface area contributed by atoms with Gasteiger partial charge < -0.3 is 10.2 Å². The highest BCUT2D eigenvalue weighted by molar-refractivity contribution is 5.92. The van der Waals surface area contributed by atoms with E-state index >= 15 is 0 Å². The molecule has 1 amide bonds. The number of nitrogens with zero attached hydrogens (tertiary/aromatic N) is 4. The van der Waals surface area contributed by atoms with Crippen LogP contribution in [0, 0.1) is 0 Å². The van der Waals surface area contributed by atoms with Crippen molar-refractivity contribution < 1.29 is 18.0 Å². The Hall–Kier alpha value is -2.42. The summed E-state index contributed by atoms with van der Waals surface area (Å²) >= 11 is 0. The number of hydrogen-bond donors (Lipinski definition) is 1. The molecule has 2 heterocycles. The lowest BCUT2D eigenvalue weighted by Gasteiger charge is -2.34. The van der Waals surface area contributed by atoms with Gasteiger partial charge in [0.25, 0.3) is 5.91 Å². The molecule has 0 radical (unpaired) electrons. The molecule has 1 aromatic carbocycles. The van der Waals surface area contributed by atoms with Crippen LogP contribution < -0.4 is 5.32 Å². The van der Waals surface area contributed by atoms with Gasteiger partial charge in [0, 0.05) is 12.6 Å². The first kappa shape index (κ1) is 19.3. The summed E-state index contributed by atoms with van der Waals surface area (Å²) < 4.78 is 40.7. The molecule has 1 aromatic heterocycles. The standard InChI is InChI=1S/C18H22F3N5O/c1-2-11-25(13-7-9-22-10-8-13)17(27)15-12-26(24-23-15)16-6-4-3-5-14(16)18(19,20)21/h3-6,12-13,22H,2,7-11H2,1H3. The van der Waals surface area contributed by atoms with Gasteiger partial charge in [0.2, 0.25) is 0 Å². The molecule has 0 saturated carbocycles. The van der Waals surface area contributed by atoms with E-state index in [1.165, 1.54) is 24.4 Å². The van der Waals surface area contributed by atoms with Gasteiger partial charge in [-0.15, -0.1) is 5.10 Å². The second-order valence-corrected chi connectivity index (χ2v) is 6.54. The number of carbonyl (C=O) groups is 1. The molecule has 0 aliphatic carbocycles. The molecule has 2 aromatic rings. The maximum Gasteiger partial charge on any atom is 0.418 e. The fourth-order valence-corrected chi connectivity index (χ4v) is 3.35. The molecule has 146 valence electrons. The van der Waals surface area contributed by atoms with E-state index in [9.17, 15) is 18.0 Å². The van der Waals surface area contributed by atoms with Crippen LogP contribution in [0.1, 0.15) is 42.2 Å². The Labute approximate surface area is 155 Å². The summed E-state index contributed by atoms with van der Waals surface area (Å²) in [5.74, 6) is -0.292. The number of alkyl halides is 3. The maximum atomic E-state index is 13.2. The minimum absolute atomic E-state index is 0.0546. The van der Waals surface area contributed by atoms with Crippen molar-refractivity contribution in [1.29, 1.82) is 0 Å². The van der Waals surface area contributed by atoms with E-state index in [-0.39, 0.29) is 23.3 Å². The van der Waals surface area contributed by atoms with Gasteiger partial charge in [0.15, 0.2) is 5.69 Å². The van der Waals surface area contributed by atoms with Crippen molar-refractivity contribution >= 4 is 5.91 Å². The quantitative estimate of drug-likeness (QED) is 0.865. The summed E-state index contributed by atoms with van der Waals surface area (Å²) in [7, 11) is 0. The lowest BCUT2D eigenvalue weighted by Crippen LogP contribution is -2.46. The molecule has 1 aliphatic heterocycles. The molecular weight excluding hydrogens is 359 g/mol. The third-order valence-electron chi connectivity index (χ3n) is 4.64. The molecule has 0 atom stereocenters. The zero-order valence-electron chi connectivity index (χ0n) is 15.0. The van der Waals surface area contributed by atoms with Crippen molar-refractivity contribution in [3.63, 3.8) is 0 Å². The molecule has 1 aliphatic rings. The van der Waals surface area contributed by atoms with E-state index < -0.39 is 11.7 Å². The van der Waals surface area contributed by atoms with E-state index in [0.717, 1.165) is 43.1 Å². The van der Waals surface area contributed by atoms with Crippen LogP contribution in [0.5, 0.6) is 0 Å². The van der Waals surface area contributed by atoms with E-state index in [1.54, 1.807) is 4.90 Å². The van der Waals surface area contributed by atoms with Crippen molar-refractivity contribution in [3.8, 4) is 5.69 Å². The smallest absolute Gasteiger partial charge is 0.334 e. The zero-order chi connectivity index (χ0) is 19.4. The summed E-state index contributed by atoms with van der Waals surface area (Å²) in [6, 6.07) is 5.20. The Kier molecular flexibility index (Phi) is 5.79. The maximum absolute atomic E-state index is 13.2. The van der Waals surface area contributed by atoms with E-state index in [1.807, 2.05) is 6.92 Å². The number of hydrogen-bond acceptors (Lipinski definition) is 4. The molecular formula is C18H22F3N5O. The molecule has 3 rings (SSSR count). The lowest BCUT2D eigenvalue weighted by molar-refractivity contribution is -0.137. The third kappa shape index (κ3) is 4.29. The van der Waals surface area contributed by atoms with Gasteiger partial charge in [-0.05, 0) is 44.5 Å². The molecule has 1 N–H and O–H groups in total. The zero-order valence-corrected chi connectivity index (χ0v) is 15.0. The summed E-state index contributed by atoms with van der Waals surface area (Å²) in [6.07, 6.45) is -0.763. The van der Waals surface area contributed by atoms with Crippen LogP contribution in [-0.2, 0) is 6.18 Å². The highest BCUT2D eigenvalue weighted by Crippen LogP contribution is 2.33. The summed E-state index contributed by atoms with van der Waals surface area (Å²) in [5, 5.41) is 10.9. The number of carbonyl (C=O) groups excluding carboxylic acids is 1. The van der Waals surface area contributed by atoms with Crippen LogP contribution >= 0.6 is 0 Å². The average molecular weight is 381 g/mol. The number of nitrogens with one attached hydrogen (secondary N) is 1. The average Bonchev–Trinajstić information content (AvgIpc) is 3.16. The van der Waals surface area contributed by atoms with Crippen molar-refractivity contribution in [1.82, 2.24) is 25.2 Å². The van der Waals surface area contributed by atoms with Crippen LogP contribution in [0.25, 0.3) is 5.69 Å². The lowest BCUT2D eigenvalue weighted by atomic mass is 10.0. The molecule has 27 heavy (non-hydrogen) atoms. The molecule has 0 spiro atoms. The van der Waals surface area contributed by atoms with Gasteiger partial charge >= 0.3 is 6.18 Å². The van der Waals surface area contributed by atoms with Gasteiger partial charge in [-0.3, -0.25) is 4.79 Å². The predicted molar refractivity (Wildman–Crippen MR) is 93.6 cm³/mol. The van der Waals surface area contributed by atoms with Crippen molar-refractivity contribution in [2.45, 2.75) is 38.4 Å². The van der Waals surface area contributed by atoms with Gasteiger partial charge in [0.05, 0.1) is 17.4 Å². The second kappa shape index (κ2) is 8.08. The van der Waals surface area contributed by atoms with Crippen LogP contribution in [0.3, 0.4) is 0 Å². The Morgan fingerprint density at radius 1 is 1.30 bits per heavy atom. The van der Waals surface area contributed by atoms with Crippen LogP contribution in [0.4, 0.5) is 13.2 Å². The van der Waals surface area contributed by atoms with Crippen molar-refractivity contribution in [3.05, 3.63) is 41.7 Å². The van der Waals surface area contributed by atoms with Crippen molar-refractivity contribution in [2.24, 2.45) is 0 Å². The van der Waals surface area contributed by atoms with Gasteiger partial charge in [-0.1, -0.05) is 24.3 Å². The molecule has 1 fully saturated rings. The second-order valence-electron chi connectivity index (χ2n) is 6.54. The number of para-hydroxylation sites is 1. The van der Waals surface area contributed by atoms with E-state index in [0.29, 0.717) is 6.54 Å². The fraction of sp³-hybridized carbons (Fsp3) is 0.500. The minimum Gasteiger partial charge on any atom is -0.334 e. The number of halogens is 3. The number of benzene rings is 1. The fourth-order valence-electron chi connectivity index (χ4n) is 3.35. The normalized spacial score (nSPS) is 15.7. The summed E-state index contributed by atoms with van der Waals surface area (Å²) in [6.45, 7) is 4.24. The summed E-state index contributed by atoms with van der Waals surface area (Å²) in [5.41, 5.74) is -0.919. The first-order valence-electron chi connectivity index (χ1n) is 9.02. The largest absolute Gasteiger partial charge is 0.418 e. The van der Waals surface area contributed by atoms with Crippen LogP contribution in [0.15, 0.2) is 30.5 Å². The number of piperidine rings is 1. The Morgan fingerprint density at radius 2 is 2.00 bits per heavy atom. The van der Waals surface area contributed by atoms with Crippen molar-refractivity contribution in [2.75, 3.05) is 19.6 Å². The Balaban J connectivity index is 1.87. The molecule has 0 bridgehead atoms. The predicted octanol–water partition coefficient (Wildman–Crippen LogP) is 2.89. The number of aromatic nitrogens is 3. The molecule has 6 nitrogen and oxygen atoms in total. The van der Waals surface area contributed by atoms with E-state index in [2.05, 4.69) is 15.6 Å². The van der Waals surface area contributed by atoms with Crippen LogP contribution in [-0.4, -0.2) is 51.5 Å². The Bertz CT molecular complexity index is 783. The SMILES string of the molecule is CCCN(C(=O)c1cn(-c2ccccc2C(F)(F)F)nn1)C1CCNCC1. The van der Waals surface area contributed by atoms with Gasteiger partial charge in [-0.2, -0.15) is 13.2 Å². The van der Waals surface area contributed by atoms with Crippen LogP contribution in [0.2, 0.25) is 0 Å². The number of rotatable bonds is 5. The first-order valence-corrected chi connectivity index (χ1v) is 9.02. The highest BCUT2D eigenvalue weighted by atomic mass is 19.4. The van der Waals surface area contributed by atoms with Gasteiger partial charge in [0.1, 0.15) is 0 Å². The number of amides is 1. The molecule has 1 saturated heterocycles. The van der Waals surface area contributed by atoms with E-state index in [4.69, 9.17) is 0 Å². The molecule has 0 unspecified atom stereocenters. The highest BCUT2D eigenvalue weighted by Gasteiger charge is 2.34. The monoisotopic (exact) mass is 381 g/mol. The first-order chi connectivity index (χ1) is 12.9. The summed E-state index contributed by atoms with van der Waals surface area (Å²) in [4.78, 5) is 14.7. The third-order valence-corrected chi connectivity index (χ3v) is 4.64. The minimum atomic E-state index is -4.52. The topological polar surface area (TPSA) is 63.1 Å². The van der Waals surface area contributed by atoms with Gasteiger partial charge in [-0.25, -0.2) is 4.68 Å². The Morgan fingerprint density at radius 3 is 2.67 bits per heavy atom.